The minimum Gasteiger partial charge on any atom is -0.392 e. The van der Waals surface area contributed by atoms with Gasteiger partial charge < -0.3 is 15.0 Å². The van der Waals surface area contributed by atoms with Gasteiger partial charge in [0.05, 0.1) is 12.3 Å². The fourth-order valence-electron chi connectivity index (χ4n) is 3.23. The number of halogens is 2. The Morgan fingerprint density at radius 3 is 2.43 bits per heavy atom. The summed E-state index contributed by atoms with van der Waals surface area (Å²) in [5.41, 5.74) is 1.92. The number of carbonyl (C=O) groups is 1. The van der Waals surface area contributed by atoms with Crippen molar-refractivity contribution in [3.8, 4) is 11.3 Å². The second-order valence-corrected chi connectivity index (χ2v) is 7.45. The van der Waals surface area contributed by atoms with Crippen molar-refractivity contribution in [2.75, 3.05) is 5.32 Å². The highest BCUT2D eigenvalue weighted by atomic mass is 35.5. The number of benzene rings is 2. The molecule has 0 aliphatic rings. The number of amides is 1. The van der Waals surface area contributed by atoms with Crippen molar-refractivity contribution in [2.24, 2.45) is 0 Å². The van der Waals surface area contributed by atoms with Gasteiger partial charge in [-0.3, -0.25) is 9.59 Å². The Morgan fingerprint density at radius 2 is 1.77 bits per heavy atom. The predicted molar refractivity (Wildman–Crippen MR) is 116 cm³/mol. The van der Waals surface area contributed by atoms with Crippen LogP contribution in [0.2, 0.25) is 10.0 Å². The van der Waals surface area contributed by atoms with Crippen LogP contribution in [0.25, 0.3) is 16.8 Å². The van der Waals surface area contributed by atoms with E-state index in [2.05, 4.69) is 10.4 Å². The SMILES string of the molecule is O=C(Cn1ccn2nc(-c3ccccc3)c(CO)c2c1=O)Nc1cc(Cl)cc(Cl)c1. The Kier molecular flexibility index (Phi) is 5.59. The summed E-state index contributed by atoms with van der Waals surface area (Å²) in [6.45, 7) is -0.587. The number of fused-ring (bicyclic) bond motifs is 1. The molecule has 2 heterocycles. The first-order chi connectivity index (χ1) is 14.5. The molecule has 30 heavy (non-hydrogen) atoms. The van der Waals surface area contributed by atoms with Crippen molar-refractivity contribution in [1.29, 1.82) is 0 Å². The zero-order valence-corrected chi connectivity index (χ0v) is 17.1. The van der Waals surface area contributed by atoms with E-state index >= 15 is 0 Å². The molecule has 0 bridgehead atoms. The van der Waals surface area contributed by atoms with E-state index in [1.807, 2.05) is 30.3 Å². The Morgan fingerprint density at radius 1 is 1.07 bits per heavy atom. The summed E-state index contributed by atoms with van der Waals surface area (Å²) in [6.07, 6.45) is 3.05. The van der Waals surface area contributed by atoms with Crippen LogP contribution in [0.5, 0.6) is 0 Å². The Balaban J connectivity index is 1.68. The van der Waals surface area contributed by atoms with Crippen molar-refractivity contribution in [3.63, 3.8) is 0 Å². The number of rotatable bonds is 5. The van der Waals surface area contributed by atoms with Crippen molar-refractivity contribution in [3.05, 3.63) is 86.9 Å². The van der Waals surface area contributed by atoms with E-state index in [4.69, 9.17) is 23.2 Å². The second kappa shape index (κ2) is 8.31. The molecule has 0 fully saturated rings. The molecule has 9 heteroatoms. The van der Waals surface area contributed by atoms with Crippen LogP contribution in [0.15, 0.2) is 65.7 Å². The highest BCUT2D eigenvalue weighted by Gasteiger charge is 2.18. The van der Waals surface area contributed by atoms with Gasteiger partial charge in [-0.25, -0.2) is 4.52 Å². The van der Waals surface area contributed by atoms with Crippen molar-refractivity contribution in [1.82, 2.24) is 14.2 Å². The summed E-state index contributed by atoms with van der Waals surface area (Å²) >= 11 is 11.9. The Hall–Kier alpha value is -3.13. The van der Waals surface area contributed by atoms with E-state index in [-0.39, 0.29) is 18.7 Å². The Labute approximate surface area is 181 Å². The molecule has 0 aliphatic heterocycles. The van der Waals surface area contributed by atoms with Gasteiger partial charge in [0.1, 0.15) is 12.1 Å². The zero-order valence-electron chi connectivity index (χ0n) is 15.5. The Bertz CT molecular complexity index is 1280. The number of aromatic nitrogens is 3. The largest absolute Gasteiger partial charge is 0.392 e. The molecule has 0 radical (unpaired) electrons. The normalized spacial score (nSPS) is 11.0. The van der Waals surface area contributed by atoms with E-state index in [0.717, 1.165) is 5.56 Å². The summed E-state index contributed by atoms with van der Waals surface area (Å²) in [6, 6.07) is 13.9. The number of nitrogens with one attached hydrogen (secondary N) is 1. The molecule has 2 aromatic carbocycles. The van der Waals surface area contributed by atoms with Crippen molar-refractivity contribution in [2.45, 2.75) is 13.2 Å². The van der Waals surface area contributed by atoms with E-state index in [0.29, 0.717) is 27.0 Å². The molecule has 0 saturated carbocycles. The van der Waals surface area contributed by atoms with Crippen LogP contribution in [0.1, 0.15) is 5.56 Å². The minimum atomic E-state index is -0.435. The lowest BCUT2D eigenvalue weighted by molar-refractivity contribution is -0.116. The third-order valence-corrected chi connectivity index (χ3v) is 4.96. The second-order valence-electron chi connectivity index (χ2n) is 6.58. The van der Waals surface area contributed by atoms with Crippen LogP contribution in [0, 0.1) is 0 Å². The number of carbonyl (C=O) groups excluding carboxylic acids is 1. The maximum atomic E-state index is 13.0. The molecule has 4 rings (SSSR count). The minimum absolute atomic E-state index is 0.220. The first kappa shape index (κ1) is 20.2. The van der Waals surface area contributed by atoms with Gasteiger partial charge in [-0.05, 0) is 18.2 Å². The number of nitrogens with zero attached hydrogens (tertiary/aromatic N) is 3. The number of aliphatic hydroxyl groups is 1. The molecule has 2 N–H and O–H groups in total. The molecule has 2 aromatic heterocycles. The topological polar surface area (TPSA) is 88.6 Å². The molecule has 4 aromatic rings. The highest BCUT2D eigenvalue weighted by Crippen LogP contribution is 2.25. The average Bonchev–Trinajstić information content (AvgIpc) is 3.09. The molecule has 0 aliphatic carbocycles. The standard InChI is InChI=1S/C21H16Cl2N4O3/c22-14-8-15(23)10-16(9-14)24-18(29)11-26-6-7-27-20(21(26)30)17(12-28)19(25-27)13-4-2-1-3-5-13/h1-10,28H,11-12H2,(H,24,29). The van der Waals surface area contributed by atoms with Crippen LogP contribution in [0.4, 0.5) is 5.69 Å². The van der Waals surface area contributed by atoms with Gasteiger partial charge in [0, 0.05) is 39.3 Å². The smallest absolute Gasteiger partial charge is 0.277 e. The van der Waals surface area contributed by atoms with E-state index < -0.39 is 11.5 Å². The maximum Gasteiger partial charge on any atom is 0.277 e. The quantitative estimate of drug-likeness (QED) is 0.494. The molecular formula is C21H16Cl2N4O3. The predicted octanol–water partition coefficient (Wildman–Crippen LogP) is 3.60. The molecule has 0 saturated heterocycles. The van der Waals surface area contributed by atoms with E-state index in [9.17, 15) is 14.7 Å². The van der Waals surface area contributed by atoms with Gasteiger partial charge in [-0.1, -0.05) is 53.5 Å². The van der Waals surface area contributed by atoms with E-state index in [1.54, 1.807) is 24.4 Å². The molecule has 152 valence electrons. The first-order valence-electron chi connectivity index (χ1n) is 8.99. The summed E-state index contributed by atoms with van der Waals surface area (Å²) in [5.74, 6) is -0.423. The molecule has 0 unspecified atom stereocenters. The third-order valence-electron chi connectivity index (χ3n) is 4.53. The highest BCUT2D eigenvalue weighted by molar-refractivity contribution is 6.35. The number of hydrogen-bond acceptors (Lipinski definition) is 4. The number of hydrogen-bond donors (Lipinski definition) is 2. The average molecular weight is 443 g/mol. The zero-order chi connectivity index (χ0) is 21.3. The van der Waals surface area contributed by atoms with Gasteiger partial charge in [-0.15, -0.1) is 0 Å². The van der Waals surface area contributed by atoms with E-state index in [1.165, 1.54) is 15.3 Å². The van der Waals surface area contributed by atoms with Crippen LogP contribution in [-0.2, 0) is 17.9 Å². The molecule has 1 amide bonds. The van der Waals surface area contributed by atoms with Gasteiger partial charge in [0.15, 0.2) is 0 Å². The van der Waals surface area contributed by atoms with Crippen molar-refractivity contribution >= 4 is 40.3 Å². The monoisotopic (exact) mass is 442 g/mol. The van der Waals surface area contributed by atoms with Gasteiger partial charge in [-0.2, -0.15) is 5.10 Å². The molecule has 7 nitrogen and oxygen atoms in total. The van der Waals surface area contributed by atoms with Crippen LogP contribution in [0.3, 0.4) is 0 Å². The fraction of sp³-hybridized carbons (Fsp3) is 0.0952. The fourth-order valence-corrected chi connectivity index (χ4v) is 3.76. The van der Waals surface area contributed by atoms with Crippen LogP contribution >= 0.6 is 23.2 Å². The third kappa shape index (κ3) is 3.95. The summed E-state index contributed by atoms with van der Waals surface area (Å²) in [4.78, 5) is 25.5. The molecule has 0 spiro atoms. The number of anilines is 1. The van der Waals surface area contributed by atoms with Gasteiger partial charge in [0.2, 0.25) is 5.91 Å². The maximum absolute atomic E-state index is 13.0. The van der Waals surface area contributed by atoms with Crippen LogP contribution < -0.4 is 10.9 Å². The summed E-state index contributed by atoms with van der Waals surface area (Å²) < 4.78 is 2.67. The molecular weight excluding hydrogens is 427 g/mol. The van der Waals surface area contributed by atoms with Crippen molar-refractivity contribution < 1.29 is 9.90 Å². The lowest BCUT2D eigenvalue weighted by atomic mass is 10.1. The first-order valence-corrected chi connectivity index (χ1v) is 9.74. The summed E-state index contributed by atoms with van der Waals surface area (Å²) in [5, 5.41) is 17.8. The van der Waals surface area contributed by atoms with Gasteiger partial charge in [0.25, 0.3) is 5.56 Å². The molecule has 0 atom stereocenters. The summed E-state index contributed by atoms with van der Waals surface area (Å²) in [7, 11) is 0. The lowest BCUT2D eigenvalue weighted by Gasteiger charge is -2.09. The number of aliphatic hydroxyl groups excluding tert-OH is 1. The lowest BCUT2D eigenvalue weighted by Crippen LogP contribution is -2.28. The van der Waals surface area contributed by atoms with Crippen LogP contribution in [-0.4, -0.2) is 25.2 Å². The van der Waals surface area contributed by atoms with Gasteiger partial charge >= 0.3 is 0 Å².